The number of hydrogen-bond acceptors (Lipinski definition) is 5. The summed E-state index contributed by atoms with van der Waals surface area (Å²) in [5.74, 6) is -1.17. The van der Waals surface area contributed by atoms with Crippen molar-refractivity contribution in [1.29, 1.82) is 0 Å². The molecule has 0 aliphatic rings. The van der Waals surface area contributed by atoms with Gasteiger partial charge in [0.05, 0.1) is 23.7 Å². The summed E-state index contributed by atoms with van der Waals surface area (Å²) in [7, 11) is 3.00. The number of esters is 1. The van der Waals surface area contributed by atoms with Crippen molar-refractivity contribution < 1.29 is 19.1 Å². The molecular weight excluding hydrogens is 442 g/mol. The summed E-state index contributed by atoms with van der Waals surface area (Å²) in [5, 5.41) is 0.304. The lowest BCUT2D eigenvalue weighted by Gasteiger charge is -2.29. The first-order valence-electron chi connectivity index (χ1n) is 10.4. The average molecular weight is 468 g/mol. The molecule has 3 aromatic rings. The van der Waals surface area contributed by atoms with E-state index in [9.17, 15) is 14.4 Å². The summed E-state index contributed by atoms with van der Waals surface area (Å²) < 4.78 is 6.53. The molecule has 0 spiro atoms. The Bertz CT molecular complexity index is 1200. The van der Waals surface area contributed by atoms with Gasteiger partial charge in [0.1, 0.15) is 5.69 Å². The van der Waals surface area contributed by atoms with Crippen LogP contribution in [0, 0.1) is 13.8 Å². The second-order valence-electron chi connectivity index (χ2n) is 7.80. The SMILES string of the molecule is COC(=O)c1c(C)c(C(=O)C(C)N(Cc2cccnc2)C(=O)c2ccccc2Cl)c(C)n1C. The Morgan fingerprint density at radius 3 is 2.45 bits per heavy atom. The molecule has 0 fully saturated rings. The van der Waals surface area contributed by atoms with Crippen molar-refractivity contribution in [3.05, 3.63) is 87.5 Å². The number of rotatable bonds is 7. The first-order valence-corrected chi connectivity index (χ1v) is 10.8. The van der Waals surface area contributed by atoms with Gasteiger partial charge in [-0.15, -0.1) is 0 Å². The lowest BCUT2D eigenvalue weighted by atomic mass is 9.99. The third-order valence-corrected chi connectivity index (χ3v) is 6.17. The summed E-state index contributed by atoms with van der Waals surface area (Å²) in [6.45, 7) is 5.32. The van der Waals surface area contributed by atoms with E-state index < -0.39 is 12.0 Å². The van der Waals surface area contributed by atoms with Gasteiger partial charge < -0.3 is 14.2 Å². The number of aromatic nitrogens is 2. The number of Topliss-reactive ketones (excluding diaryl/α,β-unsaturated/α-hetero) is 1. The van der Waals surface area contributed by atoms with Crippen LogP contribution >= 0.6 is 11.6 Å². The molecule has 1 unspecified atom stereocenters. The Kier molecular flexibility index (Phi) is 7.33. The predicted molar refractivity (Wildman–Crippen MR) is 126 cm³/mol. The molecule has 0 bridgehead atoms. The van der Waals surface area contributed by atoms with Crippen LogP contribution in [0.4, 0.5) is 0 Å². The molecule has 7 nitrogen and oxygen atoms in total. The summed E-state index contributed by atoms with van der Waals surface area (Å²) in [4.78, 5) is 45.1. The Morgan fingerprint density at radius 2 is 1.85 bits per heavy atom. The number of carbonyl (C=O) groups excluding carboxylic acids is 3. The van der Waals surface area contributed by atoms with E-state index in [0.29, 0.717) is 33.1 Å². The predicted octanol–water partition coefficient (Wildman–Crippen LogP) is 4.39. The highest BCUT2D eigenvalue weighted by molar-refractivity contribution is 6.33. The minimum atomic E-state index is -0.834. The molecule has 0 aliphatic heterocycles. The van der Waals surface area contributed by atoms with Crippen molar-refractivity contribution in [2.45, 2.75) is 33.4 Å². The highest BCUT2D eigenvalue weighted by atomic mass is 35.5. The normalized spacial score (nSPS) is 11.7. The largest absolute Gasteiger partial charge is 0.464 e. The lowest BCUT2D eigenvalue weighted by molar-refractivity contribution is 0.0587. The minimum Gasteiger partial charge on any atom is -0.464 e. The van der Waals surface area contributed by atoms with E-state index in [4.69, 9.17) is 16.3 Å². The molecule has 3 rings (SSSR count). The van der Waals surface area contributed by atoms with Crippen LogP contribution in [0.1, 0.15) is 54.9 Å². The number of pyridine rings is 1. The topological polar surface area (TPSA) is 81.5 Å². The zero-order valence-corrected chi connectivity index (χ0v) is 20.0. The Balaban J connectivity index is 2.06. The van der Waals surface area contributed by atoms with Crippen molar-refractivity contribution in [3.8, 4) is 0 Å². The molecule has 0 aliphatic carbocycles. The van der Waals surface area contributed by atoms with Gasteiger partial charge in [-0.25, -0.2) is 4.79 Å². The van der Waals surface area contributed by atoms with Gasteiger partial charge in [0.2, 0.25) is 0 Å². The Morgan fingerprint density at radius 1 is 1.15 bits per heavy atom. The van der Waals surface area contributed by atoms with Gasteiger partial charge in [0, 0.05) is 37.2 Å². The molecule has 172 valence electrons. The van der Waals surface area contributed by atoms with Crippen LogP contribution in [0.25, 0.3) is 0 Å². The Hall–Kier alpha value is -3.45. The van der Waals surface area contributed by atoms with Crippen molar-refractivity contribution in [2.75, 3.05) is 7.11 Å². The zero-order chi connectivity index (χ0) is 24.3. The molecule has 0 saturated carbocycles. The number of amides is 1. The van der Waals surface area contributed by atoms with Crippen LogP contribution in [-0.2, 0) is 18.3 Å². The summed E-state index contributed by atoms with van der Waals surface area (Å²) in [6, 6.07) is 9.51. The highest BCUT2D eigenvalue weighted by Crippen LogP contribution is 2.26. The molecule has 2 aromatic heterocycles. The van der Waals surface area contributed by atoms with Crippen LogP contribution in [0.3, 0.4) is 0 Å². The quantitative estimate of drug-likeness (QED) is 0.380. The molecule has 0 saturated heterocycles. The smallest absolute Gasteiger partial charge is 0.354 e. The van der Waals surface area contributed by atoms with Crippen LogP contribution < -0.4 is 0 Å². The first kappa shape index (κ1) is 24.2. The van der Waals surface area contributed by atoms with Crippen molar-refractivity contribution in [1.82, 2.24) is 14.5 Å². The molecule has 0 radical (unpaired) electrons. The van der Waals surface area contributed by atoms with Gasteiger partial charge in [0.15, 0.2) is 5.78 Å². The molecule has 1 amide bonds. The maximum Gasteiger partial charge on any atom is 0.354 e. The summed E-state index contributed by atoms with van der Waals surface area (Å²) in [6.07, 6.45) is 3.29. The molecule has 1 atom stereocenters. The highest BCUT2D eigenvalue weighted by Gasteiger charge is 2.33. The van der Waals surface area contributed by atoms with Crippen molar-refractivity contribution in [3.63, 3.8) is 0 Å². The second kappa shape index (κ2) is 10.0. The minimum absolute atomic E-state index is 0.166. The standard InChI is InChI=1S/C25H26ClN3O4/c1-15-21(16(2)28(4)22(15)25(32)33-5)23(30)17(3)29(14-18-9-8-12-27-13-18)24(31)19-10-6-7-11-20(19)26/h6-13,17H,14H2,1-5H3. The van der Waals surface area contributed by atoms with Crippen molar-refractivity contribution >= 4 is 29.3 Å². The number of ether oxygens (including phenoxy) is 1. The fourth-order valence-electron chi connectivity index (χ4n) is 3.94. The molecule has 0 N–H and O–H groups in total. The maximum atomic E-state index is 13.7. The van der Waals surface area contributed by atoms with E-state index >= 15 is 0 Å². The van der Waals surface area contributed by atoms with E-state index in [1.54, 1.807) is 75.1 Å². The number of hydrogen-bond donors (Lipinski definition) is 0. The second-order valence-corrected chi connectivity index (χ2v) is 8.21. The molecule has 1 aromatic carbocycles. The van der Waals surface area contributed by atoms with E-state index in [0.717, 1.165) is 5.56 Å². The number of methoxy groups -OCH3 is 1. The molecule has 2 heterocycles. The monoisotopic (exact) mass is 467 g/mol. The summed E-state index contributed by atoms with van der Waals surface area (Å²) in [5.41, 5.74) is 2.92. The first-order chi connectivity index (χ1) is 15.7. The van der Waals surface area contributed by atoms with Gasteiger partial charge in [-0.1, -0.05) is 29.8 Å². The number of ketones is 1. The van der Waals surface area contributed by atoms with E-state index in [1.165, 1.54) is 12.0 Å². The van der Waals surface area contributed by atoms with Crippen molar-refractivity contribution in [2.24, 2.45) is 7.05 Å². The van der Waals surface area contributed by atoms with Crippen LogP contribution in [-0.4, -0.2) is 45.3 Å². The van der Waals surface area contributed by atoms with Gasteiger partial charge in [-0.05, 0) is 50.1 Å². The average Bonchev–Trinajstić information content (AvgIpc) is 3.04. The van der Waals surface area contributed by atoms with E-state index in [-0.39, 0.29) is 18.2 Å². The number of nitrogens with zero attached hydrogens (tertiary/aromatic N) is 3. The zero-order valence-electron chi connectivity index (χ0n) is 19.3. The van der Waals surface area contributed by atoms with Gasteiger partial charge in [-0.2, -0.15) is 0 Å². The van der Waals surface area contributed by atoms with Crippen LogP contribution in [0.15, 0.2) is 48.8 Å². The molecular formula is C25H26ClN3O4. The number of halogens is 1. The molecule has 8 heteroatoms. The van der Waals surface area contributed by atoms with E-state index in [1.807, 2.05) is 6.07 Å². The summed E-state index contributed by atoms with van der Waals surface area (Å²) >= 11 is 6.29. The number of benzene rings is 1. The fraction of sp³-hybridized carbons (Fsp3) is 0.280. The molecule has 33 heavy (non-hydrogen) atoms. The van der Waals surface area contributed by atoms with Crippen LogP contribution in [0.5, 0.6) is 0 Å². The van der Waals surface area contributed by atoms with Gasteiger partial charge >= 0.3 is 5.97 Å². The third-order valence-electron chi connectivity index (χ3n) is 5.84. The number of carbonyl (C=O) groups is 3. The van der Waals surface area contributed by atoms with Gasteiger partial charge in [0.25, 0.3) is 5.91 Å². The van der Waals surface area contributed by atoms with E-state index in [2.05, 4.69) is 4.98 Å². The van der Waals surface area contributed by atoms with Gasteiger partial charge in [-0.3, -0.25) is 14.6 Å². The lowest BCUT2D eigenvalue weighted by Crippen LogP contribution is -2.43. The maximum absolute atomic E-state index is 13.7. The van der Waals surface area contributed by atoms with Crippen LogP contribution in [0.2, 0.25) is 5.02 Å². The third kappa shape index (κ3) is 4.68. The Labute approximate surface area is 197 Å². The fourth-order valence-corrected chi connectivity index (χ4v) is 4.16.